The first-order chi connectivity index (χ1) is 6.80. The molecule has 1 nitrogen and oxygen atoms in total. The summed E-state index contributed by atoms with van der Waals surface area (Å²) in [7, 11) is 0. The van der Waals surface area contributed by atoms with Crippen molar-refractivity contribution < 1.29 is 22.4 Å². The second kappa shape index (κ2) is 4.00. The Kier molecular flexibility index (Phi) is 3.12. The summed E-state index contributed by atoms with van der Waals surface area (Å²) in [6, 6.07) is 2.63. The van der Waals surface area contributed by atoms with E-state index in [-0.39, 0.29) is 5.56 Å². The minimum Gasteiger partial charge on any atom is -0.293 e. The van der Waals surface area contributed by atoms with Gasteiger partial charge in [0.25, 0.3) is 0 Å². The molecule has 1 aromatic carbocycles. The van der Waals surface area contributed by atoms with Crippen molar-refractivity contribution in [3.05, 3.63) is 35.4 Å². The first-order valence-electron chi connectivity index (χ1n) is 4.16. The molecule has 0 unspecified atom stereocenters. The van der Waals surface area contributed by atoms with Crippen LogP contribution in [0.1, 0.15) is 12.5 Å². The number of benzene rings is 1. The molecule has 0 saturated carbocycles. The largest absolute Gasteiger partial charge is 0.302 e. The van der Waals surface area contributed by atoms with Crippen LogP contribution in [0, 0.1) is 11.6 Å². The highest BCUT2D eigenvalue weighted by atomic mass is 19.3. The molecule has 0 saturated heterocycles. The number of ketones is 1. The van der Waals surface area contributed by atoms with Crippen LogP contribution in [0.2, 0.25) is 0 Å². The molecule has 0 aliphatic rings. The van der Waals surface area contributed by atoms with E-state index in [9.17, 15) is 22.4 Å². The molecule has 5 heteroatoms. The molecule has 1 rings (SSSR count). The number of carbonyl (C=O) groups excluding carboxylic acids is 1. The normalized spacial score (nSPS) is 11.5. The van der Waals surface area contributed by atoms with E-state index < -0.39 is 29.8 Å². The van der Waals surface area contributed by atoms with Gasteiger partial charge in [0.15, 0.2) is 11.6 Å². The van der Waals surface area contributed by atoms with E-state index >= 15 is 0 Å². The van der Waals surface area contributed by atoms with Crippen molar-refractivity contribution in [1.29, 1.82) is 0 Å². The Morgan fingerprint density at radius 2 is 1.87 bits per heavy atom. The zero-order chi connectivity index (χ0) is 11.6. The molecule has 0 spiro atoms. The van der Waals surface area contributed by atoms with E-state index in [2.05, 4.69) is 0 Å². The Hall–Kier alpha value is -1.39. The number of rotatable bonds is 3. The number of hydrogen-bond acceptors (Lipinski definition) is 1. The summed E-state index contributed by atoms with van der Waals surface area (Å²) < 4.78 is 50.0. The van der Waals surface area contributed by atoms with Gasteiger partial charge in [0.2, 0.25) is 5.78 Å². The summed E-state index contributed by atoms with van der Waals surface area (Å²) in [5.74, 6) is -7.01. The molecule has 0 aliphatic carbocycles. The van der Waals surface area contributed by atoms with Crippen LogP contribution < -0.4 is 0 Å². The van der Waals surface area contributed by atoms with Crippen LogP contribution in [0.5, 0.6) is 0 Å². The molecular formula is C10H8F4O. The van der Waals surface area contributed by atoms with Gasteiger partial charge in [-0.05, 0) is 17.7 Å². The Morgan fingerprint density at radius 3 is 2.33 bits per heavy atom. The number of alkyl halides is 2. The van der Waals surface area contributed by atoms with Crippen LogP contribution in [0.15, 0.2) is 18.2 Å². The monoisotopic (exact) mass is 220 g/mol. The molecular weight excluding hydrogens is 212 g/mol. The minimum atomic E-state index is -3.45. The third-order valence-corrected chi connectivity index (χ3v) is 1.84. The zero-order valence-electron chi connectivity index (χ0n) is 7.86. The lowest BCUT2D eigenvalue weighted by Crippen LogP contribution is -2.26. The van der Waals surface area contributed by atoms with Crippen molar-refractivity contribution in [3.8, 4) is 0 Å². The molecule has 0 heterocycles. The maximum absolute atomic E-state index is 12.7. The predicted octanol–water partition coefficient (Wildman–Crippen LogP) is 2.73. The SMILES string of the molecule is CC(F)(F)C(=O)Cc1ccc(F)c(F)c1. The van der Waals surface area contributed by atoms with Crippen molar-refractivity contribution in [1.82, 2.24) is 0 Å². The number of halogens is 4. The van der Waals surface area contributed by atoms with Gasteiger partial charge in [0, 0.05) is 13.3 Å². The molecule has 0 atom stereocenters. The van der Waals surface area contributed by atoms with Crippen LogP contribution in [-0.4, -0.2) is 11.7 Å². The molecule has 1 aromatic rings. The fourth-order valence-corrected chi connectivity index (χ4v) is 0.990. The highest BCUT2D eigenvalue weighted by molar-refractivity contribution is 5.87. The number of carbonyl (C=O) groups is 1. The maximum Gasteiger partial charge on any atom is 0.302 e. The van der Waals surface area contributed by atoms with E-state index in [4.69, 9.17) is 0 Å². The molecule has 0 N–H and O–H groups in total. The van der Waals surface area contributed by atoms with Gasteiger partial charge in [0.1, 0.15) is 0 Å². The predicted molar refractivity (Wildman–Crippen MR) is 45.7 cm³/mol. The van der Waals surface area contributed by atoms with E-state index in [1.165, 1.54) is 0 Å². The van der Waals surface area contributed by atoms with E-state index in [0.717, 1.165) is 18.2 Å². The van der Waals surface area contributed by atoms with Crippen molar-refractivity contribution in [2.45, 2.75) is 19.3 Å². The van der Waals surface area contributed by atoms with Crippen LogP contribution in [0.4, 0.5) is 17.6 Å². The first kappa shape index (κ1) is 11.7. The summed E-state index contributed by atoms with van der Waals surface area (Å²) >= 11 is 0. The summed E-state index contributed by atoms with van der Waals surface area (Å²) in [5.41, 5.74) is 0.0282. The number of Topliss-reactive ketones (excluding diaryl/α,β-unsaturated/α-hetero) is 1. The third kappa shape index (κ3) is 3.04. The fourth-order valence-electron chi connectivity index (χ4n) is 0.990. The van der Waals surface area contributed by atoms with Crippen LogP contribution >= 0.6 is 0 Å². The van der Waals surface area contributed by atoms with E-state index in [1.54, 1.807) is 0 Å². The van der Waals surface area contributed by atoms with Crippen LogP contribution in [-0.2, 0) is 11.2 Å². The molecule has 0 fully saturated rings. The molecule has 0 amide bonds. The summed E-state index contributed by atoms with van der Waals surface area (Å²) in [5, 5.41) is 0. The smallest absolute Gasteiger partial charge is 0.293 e. The van der Waals surface area contributed by atoms with Crippen molar-refractivity contribution >= 4 is 5.78 Å². The lowest BCUT2D eigenvalue weighted by atomic mass is 10.1. The van der Waals surface area contributed by atoms with Crippen molar-refractivity contribution in [2.24, 2.45) is 0 Å². The maximum atomic E-state index is 12.7. The highest BCUT2D eigenvalue weighted by Crippen LogP contribution is 2.17. The average Bonchev–Trinajstić information content (AvgIpc) is 2.10. The van der Waals surface area contributed by atoms with Crippen molar-refractivity contribution in [3.63, 3.8) is 0 Å². The Labute approximate surface area is 83.7 Å². The quantitative estimate of drug-likeness (QED) is 0.716. The fraction of sp³-hybridized carbons (Fsp3) is 0.300. The van der Waals surface area contributed by atoms with Gasteiger partial charge in [-0.15, -0.1) is 0 Å². The van der Waals surface area contributed by atoms with Crippen LogP contribution in [0.25, 0.3) is 0 Å². The van der Waals surface area contributed by atoms with Crippen LogP contribution in [0.3, 0.4) is 0 Å². The Balaban J connectivity index is 2.83. The van der Waals surface area contributed by atoms with E-state index in [0.29, 0.717) is 6.92 Å². The van der Waals surface area contributed by atoms with E-state index in [1.807, 2.05) is 0 Å². The Bertz CT molecular complexity index is 381. The van der Waals surface area contributed by atoms with Crippen molar-refractivity contribution in [2.75, 3.05) is 0 Å². The second-order valence-corrected chi connectivity index (χ2v) is 3.24. The van der Waals surface area contributed by atoms with Gasteiger partial charge in [-0.25, -0.2) is 8.78 Å². The lowest BCUT2D eigenvalue weighted by Gasteiger charge is -2.08. The summed E-state index contributed by atoms with van der Waals surface area (Å²) in [6.07, 6.45) is -0.610. The average molecular weight is 220 g/mol. The number of hydrogen-bond donors (Lipinski definition) is 0. The molecule has 0 aliphatic heterocycles. The summed E-state index contributed by atoms with van der Waals surface area (Å²) in [6.45, 7) is 0.467. The zero-order valence-corrected chi connectivity index (χ0v) is 7.86. The first-order valence-corrected chi connectivity index (χ1v) is 4.16. The minimum absolute atomic E-state index is 0.0282. The third-order valence-electron chi connectivity index (χ3n) is 1.84. The summed E-state index contributed by atoms with van der Waals surface area (Å²) in [4.78, 5) is 10.9. The van der Waals surface area contributed by atoms with Gasteiger partial charge in [-0.3, -0.25) is 4.79 Å². The molecule has 82 valence electrons. The van der Waals surface area contributed by atoms with Gasteiger partial charge < -0.3 is 0 Å². The molecule has 15 heavy (non-hydrogen) atoms. The second-order valence-electron chi connectivity index (χ2n) is 3.24. The molecule has 0 radical (unpaired) electrons. The highest BCUT2D eigenvalue weighted by Gasteiger charge is 2.31. The topological polar surface area (TPSA) is 17.1 Å². The van der Waals surface area contributed by atoms with Gasteiger partial charge in [-0.1, -0.05) is 6.07 Å². The molecule has 0 bridgehead atoms. The Morgan fingerprint density at radius 1 is 1.27 bits per heavy atom. The van der Waals surface area contributed by atoms with Gasteiger partial charge >= 0.3 is 5.92 Å². The van der Waals surface area contributed by atoms with Gasteiger partial charge in [-0.2, -0.15) is 8.78 Å². The lowest BCUT2D eigenvalue weighted by molar-refractivity contribution is -0.139. The standard InChI is InChI=1S/C10H8F4O/c1-10(13,14)9(15)5-6-2-3-7(11)8(12)4-6/h2-4H,5H2,1H3. The van der Waals surface area contributed by atoms with Gasteiger partial charge in [0.05, 0.1) is 0 Å². The molecule has 0 aromatic heterocycles.